The van der Waals surface area contributed by atoms with Crippen molar-refractivity contribution in [2.24, 2.45) is 0 Å². The third-order valence-corrected chi connectivity index (χ3v) is 4.55. The Kier molecular flexibility index (Phi) is 4.77. The van der Waals surface area contributed by atoms with Crippen LogP contribution in [0.15, 0.2) is 54.7 Å². The second kappa shape index (κ2) is 7.35. The summed E-state index contributed by atoms with van der Waals surface area (Å²) in [5.74, 6) is 0.817. The van der Waals surface area contributed by atoms with Crippen LogP contribution < -0.4 is 9.64 Å². The number of nitrogens with zero attached hydrogens (tertiary/aromatic N) is 4. The van der Waals surface area contributed by atoms with E-state index < -0.39 is 0 Å². The van der Waals surface area contributed by atoms with Gasteiger partial charge in [0.05, 0.1) is 26.5 Å². The first-order chi connectivity index (χ1) is 12.7. The fraction of sp³-hybridized carbons (Fsp3) is 0.263. The zero-order chi connectivity index (χ0) is 17.9. The van der Waals surface area contributed by atoms with E-state index in [1.54, 1.807) is 11.8 Å². The number of methoxy groups -OCH3 is 1. The maximum absolute atomic E-state index is 6.05. The summed E-state index contributed by atoms with van der Waals surface area (Å²) >= 11 is 6.05. The Morgan fingerprint density at radius 2 is 2.12 bits per heavy atom. The van der Waals surface area contributed by atoms with Crippen molar-refractivity contribution in [2.75, 3.05) is 25.2 Å². The predicted octanol–water partition coefficient (Wildman–Crippen LogP) is 3.52. The van der Waals surface area contributed by atoms with Crippen molar-refractivity contribution in [2.45, 2.75) is 12.8 Å². The van der Waals surface area contributed by atoms with Crippen molar-refractivity contribution in [3.05, 3.63) is 71.0 Å². The Labute approximate surface area is 156 Å². The van der Waals surface area contributed by atoms with E-state index in [-0.39, 0.29) is 6.23 Å². The van der Waals surface area contributed by atoms with Gasteiger partial charge < -0.3 is 14.4 Å². The summed E-state index contributed by atoms with van der Waals surface area (Å²) in [6.07, 6.45) is 1.67. The van der Waals surface area contributed by atoms with Crippen LogP contribution in [0.25, 0.3) is 0 Å². The third-order valence-electron chi connectivity index (χ3n) is 4.32. The number of benzene rings is 2. The van der Waals surface area contributed by atoms with Crippen molar-refractivity contribution in [1.82, 2.24) is 15.0 Å². The summed E-state index contributed by atoms with van der Waals surface area (Å²) in [7, 11) is 1.67. The highest BCUT2D eigenvalue weighted by Crippen LogP contribution is 2.32. The molecular formula is C19H19ClN4O2. The molecule has 2 aromatic carbocycles. The number of hydrogen-bond acceptors (Lipinski definition) is 5. The second-order valence-electron chi connectivity index (χ2n) is 6.09. The minimum Gasteiger partial charge on any atom is -0.497 e. The average molecular weight is 371 g/mol. The zero-order valence-electron chi connectivity index (χ0n) is 14.4. The number of aromatic nitrogens is 3. The molecule has 4 rings (SSSR count). The molecule has 0 bridgehead atoms. The molecule has 1 atom stereocenters. The van der Waals surface area contributed by atoms with Crippen LogP contribution in [0.3, 0.4) is 0 Å². The van der Waals surface area contributed by atoms with E-state index in [1.807, 2.05) is 54.7 Å². The first-order valence-electron chi connectivity index (χ1n) is 8.40. The van der Waals surface area contributed by atoms with Crippen LogP contribution in [-0.2, 0) is 11.3 Å². The van der Waals surface area contributed by atoms with Gasteiger partial charge in [-0.2, -0.15) is 0 Å². The average Bonchev–Trinajstić information content (AvgIpc) is 3.31. The number of halogens is 1. The monoisotopic (exact) mass is 370 g/mol. The Morgan fingerprint density at radius 1 is 1.23 bits per heavy atom. The fourth-order valence-corrected chi connectivity index (χ4v) is 3.31. The lowest BCUT2D eigenvalue weighted by molar-refractivity contribution is 0.110. The van der Waals surface area contributed by atoms with Crippen LogP contribution in [0.5, 0.6) is 5.75 Å². The molecule has 0 saturated carbocycles. The highest BCUT2D eigenvalue weighted by atomic mass is 35.5. The first kappa shape index (κ1) is 16.9. The Balaban J connectivity index is 1.54. The molecule has 3 aromatic rings. The Bertz CT molecular complexity index is 899. The van der Waals surface area contributed by atoms with Gasteiger partial charge in [-0.3, -0.25) is 0 Å². The smallest absolute Gasteiger partial charge is 0.177 e. The van der Waals surface area contributed by atoms with Crippen molar-refractivity contribution in [3.63, 3.8) is 0 Å². The van der Waals surface area contributed by atoms with Crippen LogP contribution in [0.4, 0.5) is 5.69 Å². The largest absolute Gasteiger partial charge is 0.497 e. The summed E-state index contributed by atoms with van der Waals surface area (Å²) in [6, 6.07) is 15.7. The van der Waals surface area contributed by atoms with Gasteiger partial charge in [0.15, 0.2) is 6.23 Å². The van der Waals surface area contributed by atoms with Crippen molar-refractivity contribution >= 4 is 17.3 Å². The normalized spacial score (nSPS) is 16.8. The van der Waals surface area contributed by atoms with Gasteiger partial charge in [0.25, 0.3) is 0 Å². The molecule has 0 N–H and O–H groups in total. The predicted molar refractivity (Wildman–Crippen MR) is 99.6 cm³/mol. The molecule has 1 aliphatic rings. The van der Waals surface area contributed by atoms with Gasteiger partial charge in [0, 0.05) is 23.3 Å². The van der Waals surface area contributed by atoms with Gasteiger partial charge in [-0.15, -0.1) is 5.10 Å². The lowest BCUT2D eigenvalue weighted by atomic mass is 10.2. The van der Waals surface area contributed by atoms with E-state index in [0.717, 1.165) is 29.2 Å². The highest BCUT2D eigenvalue weighted by Gasteiger charge is 2.29. The molecule has 0 unspecified atom stereocenters. The van der Waals surface area contributed by atoms with Crippen LogP contribution in [0.2, 0.25) is 5.02 Å². The number of ether oxygens (including phenoxy) is 2. The summed E-state index contributed by atoms with van der Waals surface area (Å²) in [5, 5.41) is 9.27. The molecule has 2 heterocycles. The quantitative estimate of drug-likeness (QED) is 0.687. The molecule has 0 radical (unpaired) electrons. The van der Waals surface area contributed by atoms with Gasteiger partial charge in [-0.1, -0.05) is 35.0 Å². The molecule has 1 saturated heterocycles. The molecule has 0 spiro atoms. The Morgan fingerprint density at radius 3 is 2.96 bits per heavy atom. The van der Waals surface area contributed by atoms with Gasteiger partial charge in [-0.05, 0) is 29.8 Å². The molecule has 26 heavy (non-hydrogen) atoms. The standard InChI is InChI=1S/C19H19ClN4O2/c1-25-17-7-3-6-16(11-17)24-8-9-26-19(24)18-13-23(22-21-18)12-14-4-2-5-15(20)10-14/h2-7,10-11,13,19H,8-9,12H2,1H3/t19-/m0/s1. The van der Waals surface area contributed by atoms with E-state index in [1.165, 1.54) is 0 Å². The number of rotatable bonds is 5. The van der Waals surface area contributed by atoms with Gasteiger partial charge >= 0.3 is 0 Å². The van der Waals surface area contributed by atoms with E-state index in [2.05, 4.69) is 15.2 Å². The maximum atomic E-state index is 6.05. The molecule has 134 valence electrons. The first-order valence-corrected chi connectivity index (χ1v) is 8.77. The van der Waals surface area contributed by atoms with Gasteiger partial charge in [-0.25, -0.2) is 4.68 Å². The van der Waals surface area contributed by atoms with Crippen LogP contribution in [0, 0.1) is 0 Å². The fourth-order valence-electron chi connectivity index (χ4n) is 3.09. The summed E-state index contributed by atoms with van der Waals surface area (Å²) in [6.45, 7) is 2.04. The minimum absolute atomic E-state index is 0.254. The van der Waals surface area contributed by atoms with E-state index in [0.29, 0.717) is 18.2 Å². The topological polar surface area (TPSA) is 52.4 Å². The van der Waals surface area contributed by atoms with E-state index >= 15 is 0 Å². The van der Waals surface area contributed by atoms with Crippen LogP contribution >= 0.6 is 11.6 Å². The number of hydrogen-bond donors (Lipinski definition) is 0. The zero-order valence-corrected chi connectivity index (χ0v) is 15.1. The molecule has 0 amide bonds. The lowest BCUT2D eigenvalue weighted by Crippen LogP contribution is -2.23. The second-order valence-corrected chi connectivity index (χ2v) is 6.53. The lowest BCUT2D eigenvalue weighted by Gasteiger charge is -2.23. The van der Waals surface area contributed by atoms with Gasteiger partial charge in [0.1, 0.15) is 11.4 Å². The minimum atomic E-state index is -0.254. The Hall–Kier alpha value is -2.57. The number of anilines is 1. The van der Waals surface area contributed by atoms with E-state index in [9.17, 15) is 0 Å². The molecule has 1 fully saturated rings. The molecule has 6 nitrogen and oxygen atoms in total. The summed E-state index contributed by atoms with van der Waals surface area (Å²) in [5.41, 5.74) is 2.90. The van der Waals surface area contributed by atoms with Gasteiger partial charge in [0.2, 0.25) is 0 Å². The summed E-state index contributed by atoms with van der Waals surface area (Å²) in [4.78, 5) is 2.16. The molecule has 1 aliphatic heterocycles. The van der Waals surface area contributed by atoms with E-state index in [4.69, 9.17) is 21.1 Å². The molecule has 1 aromatic heterocycles. The van der Waals surface area contributed by atoms with Crippen LogP contribution in [-0.4, -0.2) is 35.3 Å². The SMILES string of the molecule is COc1cccc(N2CCO[C@H]2c2cn(Cc3cccc(Cl)c3)nn2)c1. The highest BCUT2D eigenvalue weighted by molar-refractivity contribution is 6.30. The van der Waals surface area contributed by atoms with Crippen molar-refractivity contribution < 1.29 is 9.47 Å². The van der Waals surface area contributed by atoms with Crippen LogP contribution in [0.1, 0.15) is 17.5 Å². The maximum Gasteiger partial charge on any atom is 0.177 e. The molecule has 7 heteroatoms. The summed E-state index contributed by atoms with van der Waals surface area (Å²) < 4.78 is 13.0. The molecular weight excluding hydrogens is 352 g/mol. The van der Waals surface area contributed by atoms with Crippen molar-refractivity contribution in [1.29, 1.82) is 0 Å². The third kappa shape index (κ3) is 3.52. The van der Waals surface area contributed by atoms with Crippen molar-refractivity contribution in [3.8, 4) is 5.75 Å². The molecule has 0 aliphatic carbocycles.